The Hall–Kier alpha value is -1.60. The third-order valence-electron chi connectivity index (χ3n) is 2.21. The summed E-state index contributed by atoms with van der Waals surface area (Å²) in [5.41, 5.74) is 0. The molecule has 0 aliphatic heterocycles. The van der Waals surface area contributed by atoms with Crippen LogP contribution in [0, 0.1) is 0 Å². The predicted molar refractivity (Wildman–Crippen MR) is 69.6 cm³/mol. The lowest BCUT2D eigenvalue weighted by atomic mass is 10.3. The first-order valence-corrected chi connectivity index (χ1v) is 7.22. The van der Waals surface area contributed by atoms with Crippen LogP contribution in [-0.4, -0.2) is 31.6 Å². The largest absolute Gasteiger partial charge is 0.491 e. The molecule has 0 amide bonds. The van der Waals surface area contributed by atoms with E-state index in [1.54, 1.807) is 0 Å². The van der Waals surface area contributed by atoms with Crippen LogP contribution in [0.25, 0.3) is 0 Å². The Bertz CT molecular complexity index is 536. The molecule has 6 nitrogen and oxygen atoms in total. The molecule has 0 bridgehead atoms. The topological polar surface area (TPSA) is 92.7 Å². The molecule has 0 spiro atoms. The summed E-state index contributed by atoms with van der Waals surface area (Å²) in [7, 11) is -3.84. The summed E-state index contributed by atoms with van der Waals surface area (Å²) in [4.78, 5) is 10.6. The Balaban J connectivity index is 2.88. The molecule has 19 heavy (non-hydrogen) atoms. The van der Waals surface area contributed by atoms with Gasteiger partial charge < -0.3 is 9.84 Å². The maximum absolute atomic E-state index is 11.9. The van der Waals surface area contributed by atoms with Crippen LogP contribution in [0.5, 0.6) is 5.75 Å². The van der Waals surface area contributed by atoms with Crippen molar-refractivity contribution < 1.29 is 23.1 Å². The first-order chi connectivity index (χ1) is 8.72. The Labute approximate surface area is 112 Å². The lowest BCUT2D eigenvalue weighted by Gasteiger charge is -2.12. The minimum Gasteiger partial charge on any atom is -0.491 e. The Kier molecular flexibility index (Phi) is 4.90. The third kappa shape index (κ3) is 4.53. The van der Waals surface area contributed by atoms with Gasteiger partial charge in [0.15, 0.2) is 0 Å². The molecule has 0 heterocycles. The smallest absolute Gasteiger partial charge is 0.321 e. The Morgan fingerprint density at radius 3 is 2.16 bits per heavy atom. The van der Waals surface area contributed by atoms with Gasteiger partial charge in [0.25, 0.3) is 0 Å². The van der Waals surface area contributed by atoms with E-state index in [1.165, 1.54) is 31.2 Å². The lowest BCUT2D eigenvalue weighted by Crippen LogP contribution is -2.38. The van der Waals surface area contributed by atoms with Gasteiger partial charge in [0.2, 0.25) is 10.0 Å². The van der Waals surface area contributed by atoms with E-state index in [1.807, 2.05) is 13.8 Å². The van der Waals surface area contributed by atoms with E-state index in [0.717, 1.165) is 0 Å². The van der Waals surface area contributed by atoms with Crippen LogP contribution in [0.2, 0.25) is 0 Å². The molecule has 0 aromatic heterocycles. The molecule has 1 aromatic carbocycles. The molecule has 0 aliphatic rings. The van der Waals surface area contributed by atoms with E-state index in [2.05, 4.69) is 4.72 Å². The van der Waals surface area contributed by atoms with Gasteiger partial charge in [-0.2, -0.15) is 4.72 Å². The van der Waals surface area contributed by atoms with Gasteiger partial charge in [-0.15, -0.1) is 0 Å². The second kappa shape index (κ2) is 6.03. The molecular formula is C12H17NO5S. The number of benzene rings is 1. The van der Waals surface area contributed by atoms with Gasteiger partial charge in [-0.3, -0.25) is 4.79 Å². The molecule has 0 fully saturated rings. The van der Waals surface area contributed by atoms with E-state index in [-0.39, 0.29) is 11.0 Å². The predicted octanol–water partition coefficient (Wildman–Crippen LogP) is 1.23. The summed E-state index contributed by atoms with van der Waals surface area (Å²) >= 11 is 0. The Morgan fingerprint density at radius 1 is 1.21 bits per heavy atom. The van der Waals surface area contributed by atoms with Crippen molar-refractivity contribution in [2.24, 2.45) is 0 Å². The van der Waals surface area contributed by atoms with Gasteiger partial charge in [-0.05, 0) is 45.0 Å². The molecule has 0 unspecified atom stereocenters. The minimum atomic E-state index is -3.84. The number of hydrogen-bond acceptors (Lipinski definition) is 4. The maximum atomic E-state index is 11.9. The second-order valence-electron chi connectivity index (χ2n) is 4.32. The first kappa shape index (κ1) is 15.5. The van der Waals surface area contributed by atoms with Gasteiger partial charge >= 0.3 is 5.97 Å². The molecule has 1 aromatic rings. The molecule has 1 rings (SSSR count). The number of carboxylic acids is 1. The molecular weight excluding hydrogens is 270 g/mol. The summed E-state index contributed by atoms with van der Waals surface area (Å²) in [5, 5.41) is 8.69. The molecule has 0 radical (unpaired) electrons. The number of sulfonamides is 1. The molecule has 1 atom stereocenters. The van der Waals surface area contributed by atoms with Crippen molar-refractivity contribution in [3.63, 3.8) is 0 Å². The fourth-order valence-electron chi connectivity index (χ4n) is 1.32. The fraction of sp³-hybridized carbons (Fsp3) is 0.417. The molecule has 0 saturated carbocycles. The second-order valence-corrected chi connectivity index (χ2v) is 6.03. The van der Waals surface area contributed by atoms with Crippen LogP contribution in [0.15, 0.2) is 29.2 Å². The highest BCUT2D eigenvalue weighted by atomic mass is 32.2. The zero-order valence-corrected chi connectivity index (χ0v) is 11.8. The van der Waals surface area contributed by atoms with Crippen molar-refractivity contribution >= 4 is 16.0 Å². The zero-order valence-electron chi connectivity index (χ0n) is 11.0. The number of carboxylic acid groups (broad SMARTS) is 1. The number of rotatable bonds is 6. The maximum Gasteiger partial charge on any atom is 0.321 e. The van der Waals surface area contributed by atoms with Gasteiger partial charge in [0.05, 0.1) is 11.0 Å². The summed E-state index contributed by atoms with van der Waals surface area (Å²) in [6.07, 6.45) is -0.00684. The highest BCUT2D eigenvalue weighted by molar-refractivity contribution is 7.89. The number of aliphatic carboxylic acids is 1. The minimum absolute atomic E-state index is 0.00305. The fourth-order valence-corrected chi connectivity index (χ4v) is 2.52. The van der Waals surface area contributed by atoms with Crippen LogP contribution in [0.1, 0.15) is 20.8 Å². The molecule has 0 aliphatic carbocycles. The van der Waals surface area contributed by atoms with E-state index < -0.39 is 22.0 Å². The van der Waals surface area contributed by atoms with Gasteiger partial charge in [0, 0.05) is 0 Å². The lowest BCUT2D eigenvalue weighted by molar-refractivity contribution is -0.138. The van der Waals surface area contributed by atoms with Gasteiger partial charge in [-0.25, -0.2) is 8.42 Å². The quantitative estimate of drug-likeness (QED) is 0.820. The molecule has 2 N–H and O–H groups in total. The molecule has 7 heteroatoms. The van der Waals surface area contributed by atoms with Crippen molar-refractivity contribution in [1.29, 1.82) is 0 Å². The van der Waals surface area contributed by atoms with Crippen molar-refractivity contribution in [2.45, 2.75) is 37.8 Å². The molecule has 0 saturated heterocycles. The van der Waals surface area contributed by atoms with Crippen molar-refractivity contribution in [3.05, 3.63) is 24.3 Å². The summed E-state index contributed by atoms with van der Waals surface area (Å²) in [6.45, 7) is 4.98. The standard InChI is InChI=1S/C12H17NO5S/c1-8(2)18-10-4-6-11(7-5-10)19(16,17)13-9(3)12(14)15/h4-9,13H,1-3H3,(H,14,15)/t9-/m0/s1. The number of hydrogen-bond donors (Lipinski definition) is 2. The van der Waals surface area contributed by atoms with Crippen molar-refractivity contribution in [1.82, 2.24) is 4.72 Å². The van der Waals surface area contributed by atoms with Crippen LogP contribution in [-0.2, 0) is 14.8 Å². The summed E-state index contributed by atoms with van der Waals surface area (Å²) < 4.78 is 31.2. The normalized spacial score (nSPS) is 13.3. The third-order valence-corrected chi connectivity index (χ3v) is 3.76. The van der Waals surface area contributed by atoms with Crippen LogP contribution in [0.4, 0.5) is 0 Å². The van der Waals surface area contributed by atoms with E-state index in [0.29, 0.717) is 5.75 Å². The number of ether oxygens (including phenoxy) is 1. The SMILES string of the molecule is CC(C)Oc1ccc(S(=O)(=O)N[C@@H](C)C(=O)O)cc1. The van der Waals surface area contributed by atoms with Crippen LogP contribution < -0.4 is 9.46 Å². The number of nitrogens with one attached hydrogen (secondary N) is 1. The van der Waals surface area contributed by atoms with E-state index >= 15 is 0 Å². The number of carbonyl (C=O) groups is 1. The van der Waals surface area contributed by atoms with Crippen LogP contribution >= 0.6 is 0 Å². The van der Waals surface area contributed by atoms with Gasteiger partial charge in [-0.1, -0.05) is 0 Å². The highest BCUT2D eigenvalue weighted by Crippen LogP contribution is 2.17. The first-order valence-electron chi connectivity index (χ1n) is 5.74. The van der Waals surface area contributed by atoms with E-state index in [4.69, 9.17) is 9.84 Å². The monoisotopic (exact) mass is 287 g/mol. The summed E-state index contributed by atoms with van der Waals surface area (Å²) in [6, 6.07) is 4.61. The van der Waals surface area contributed by atoms with Crippen LogP contribution in [0.3, 0.4) is 0 Å². The molecule has 106 valence electrons. The Morgan fingerprint density at radius 2 is 1.74 bits per heavy atom. The average Bonchev–Trinajstić information content (AvgIpc) is 2.28. The van der Waals surface area contributed by atoms with Gasteiger partial charge in [0.1, 0.15) is 11.8 Å². The highest BCUT2D eigenvalue weighted by Gasteiger charge is 2.21. The average molecular weight is 287 g/mol. The van der Waals surface area contributed by atoms with Crippen molar-refractivity contribution in [2.75, 3.05) is 0 Å². The van der Waals surface area contributed by atoms with Crippen molar-refractivity contribution in [3.8, 4) is 5.75 Å². The summed E-state index contributed by atoms with van der Waals surface area (Å²) in [5.74, 6) is -0.677. The zero-order chi connectivity index (χ0) is 14.6. The van der Waals surface area contributed by atoms with E-state index in [9.17, 15) is 13.2 Å².